The molecule has 0 saturated heterocycles. The second-order valence-corrected chi connectivity index (χ2v) is 5.68. The van der Waals surface area contributed by atoms with Crippen molar-refractivity contribution in [1.82, 2.24) is 10.2 Å². The third kappa shape index (κ3) is 3.64. The van der Waals surface area contributed by atoms with Crippen molar-refractivity contribution >= 4 is 16.5 Å². The Balaban J connectivity index is 1.86. The number of hydrogen-bond donors (Lipinski definition) is 1. The standard InChI is InChI=1S/C12H21N3OS/c1-3-5-11-14-15-12(17-11)13-9-6-4-7-10(8-9)16-2/h9-10H,3-8H2,1-2H3,(H,13,15). The summed E-state index contributed by atoms with van der Waals surface area (Å²) in [5.41, 5.74) is 0. The summed E-state index contributed by atoms with van der Waals surface area (Å²) < 4.78 is 5.43. The van der Waals surface area contributed by atoms with Gasteiger partial charge in [-0.05, 0) is 32.1 Å². The zero-order valence-corrected chi connectivity index (χ0v) is 11.4. The maximum atomic E-state index is 5.43. The predicted octanol–water partition coefficient (Wildman–Crippen LogP) is 2.86. The van der Waals surface area contributed by atoms with Crippen LogP contribution in [0.1, 0.15) is 44.0 Å². The zero-order chi connectivity index (χ0) is 12.1. The van der Waals surface area contributed by atoms with Crippen molar-refractivity contribution in [2.45, 2.75) is 57.6 Å². The van der Waals surface area contributed by atoms with Gasteiger partial charge in [0.2, 0.25) is 5.13 Å². The van der Waals surface area contributed by atoms with E-state index in [9.17, 15) is 0 Å². The van der Waals surface area contributed by atoms with Gasteiger partial charge in [0.1, 0.15) is 5.01 Å². The van der Waals surface area contributed by atoms with Gasteiger partial charge in [-0.25, -0.2) is 0 Å². The van der Waals surface area contributed by atoms with E-state index in [0.29, 0.717) is 12.1 Å². The first-order chi connectivity index (χ1) is 8.31. The van der Waals surface area contributed by atoms with E-state index < -0.39 is 0 Å². The Morgan fingerprint density at radius 2 is 2.29 bits per heavy atom. The Bertz CT molecular complexity index is 342. The number of anilines is 1. The smallest absolute Gasteiger partial charge is 0.205 e. The number of ether oxygens (including phenoxy) is 1. The van der Waals surface area contributed by atoms with Gasteiger partial charge in [0.15, 0.2) is 0 Å². The van der Waals surface area contributed by atoms with Crippen LogP contribution < -0.4 is 5.32 Å². The minimum Gasteiger partial charge on any atom is -0.381 e. The number of methoxy groups -OCH3 is 1. The average molecular weight is 255 g/mol. The van der Waals surface area contributed by atoms with Crippen molar-refractivity contribution in [2.75, 3.05) is 12.4 Å². The molecule has 4 nitrogen and oxygen atoms in total. The monoisotopic (exact) mass is 255 g/mol. The van der Waals surface area contributed by atoms with Crippen LogP contribution in [-0.2, 0) is 11.2 Å². The van der Waals surface area contributed by atoms with Gasteiger partial charge in [0.05, 0.1) is 6.10 Å². The predicted molar refractivity (Wildman–Crippen MR) is 70.6 cm³/mol. The van der Waals surface area contributed by atoms with Crippen LogP contribution in [0.2, 0.25) is 0 Å². The minimum atomic E-state index is 0.407. The molecule has 0 bridgehead atoms. The molecule has 0 radical (unpaired) electrons. The highest BCUT2D eigenvalue weighted by Crippen LogP contribution is 2.25. The fourth-order valence-corrected chi connectivity index (χ4v) is 3.21. The number of rotatable bonds is 5. The summed E-state index contributed by atoms with van der Waals surface area (Å²) in [4.78, 5) is 0. The number of aromatic nitrogens is 2. The lowest BCUT2D eigenvalue weighted by molar-refractivity contribution is 0.0669. The quantitative estimate of drug-likeness (QED) is 0.879. The van der Waals surface area contributed by atoms with Crippen LogP contribution in [0.25, 0.3) is 0 Å². The van der Waals surface area contributed by atoms with Crippen molar-refractivity contribution in [3.05, 3.63) is 5.01 Å². The van der Waals surface area contributed by atoms with E-state index >= 15 is 0 Å². The molecule has 1 saturated carbocycles. The van der Waals surface area contributed by atoms with Crippen molar-refractivity contribution in [3.63, 3.8) is 0 Å². The summed E-state index contributed by atoms with van der Waals surface area (Å²) in [5, 5.41) is 14.0. The zero-order valence-electron chi connectivity index (χ0n) is 10.6. The number of aryl methyl sites for hydroxylation is 1. The van der Waals surface area contributed by atoms with E-state index in [1.54, 1.807) is 18.4 Å². The number of nitrogens with one attached hydrogen (secondary N) is 1. The topological polar surface area (TPSA) is 47.0 Å². The first-order valence-electron chi connectivity index (χ1n) is 6.43. The summed E-state index contributed by atoms with van der Waals surface area (Å²) in [5.74, 6) is 0. The summed E-state index contributed by atoms with van der Waals surface area (Å²) in [6, 6.07) is 0.496. The molecule has 2 unspecified atom stereocenters. The van der Waals surface area contributed by atoms with Crippen molar-refractivity contribution < 1.29 is 4.74 Å². The molecule has 1 aromatic rings. The molecule has 2 atom stereocenters. The third-order valence-electron chi connectivity index (χ3n) is 3.22. The lowest BCUT2D eigenvalue weighted by Crippen LogP contribution is -2.30. The second-order valence-electron chi connectivity index (χ2n) is 4.62. The van der Waals surface area contributed by atoms with E-state index in [1.807, 2.05) is 0 Å². The van der Waals surface area contributed by atoms with Gasteiger partial charge in [0, 0.05) is 19.6 Å². The maximum Gasteiger partial charge on any atom is 0.205 e. The van der Waals surface area contributed by atoms with Crippen molar-refractivity contribution in [3.8, 4) is 0 Å². The Morgan fingerprint density at radius 3 is 3.06 bits per heavy atom. The SMILES string of the molecule is CCCc1nnc(NC2CCCC(OC)C2)s1. The van der Waals surface area contributed by atoms with Crippen molar-refractivity contribution in [2.24, 2.45) is 0 Å². The lowest BCUT2D eigenvalue weighted by Gasteiger charge is -2.28. The molecule has 96 valence electrons. The highest BCUT2D eigenvalue weighted by molar-refractivity contribution is 7.15. The van der Waals surface area contributed by atoms with Gasteiger partial charge in [-0.2, -0.15) is 0 Å². The molecular formula is C12H21N3OS. The van der Waals surface area contributed by atoms with Gasteiger partial charge in [-0.15, -0.1) is 10.2 Å². The molecule has 1 aromatic heterocycles. The lowest BCUT2D eigenvalue weighted by atomic mass is 9.93. The minimum absolute atomic E-state index is 0.407. The summed E-state index contributed by atoms with van der Waals surface area (Å²) in [7, 11) is 1.80. The van der Waals surface area contributed by atoms with Crippen LogP contribution in [0.3, 0.4) is 0 Å². The van der Waals surface area contributed by atoms with Gasteiger partial charge < -0.3 is 10.1 Å². The van der Waals surface area contributed by atoms with E-state index in [1.165, 1.54) is 19.3 Å². The van der Waals surface area contributed by atoms with Crippen LogP contribution >= 0.6 is 11.3 Å². The first kappa shape index (κ1) is 12.8. The summed E-state index contributed by atoms with van der Waals surface area (Å²) in [6.45, 7) is 2.17. The molecule has 1 N–H and O–H groups in total. The Morgan fingerprint density at radius 1 is 1.41 bits per heavy atom. The van der Waals surface area contributed by atoms with Gasteiger partial charge in [-0.3, -0.25) is 0 Å². The Hall–Kier alpha value is -0.680. The molecule has 0 aromatic carbocycles. The molecule has 0 aliphatic heterocycles. The molecule has 0 amide bonds. The molecule has 1 aliphatic carbocycles. The molecule has 5 heteroatoms. The molecular weight excluding hydrogens is 234 g/mol. The van der Waals surface area contributed by atoms with E-state index in [-0.39, 0.29) is 0 Å². The largest absolute Gasteiger partial charge is 0.381 e. The van der Waals surface area contributed by atoms with Gasteiger partial charge >= 0.3 is 0 Å². The number of hydrogen-bond acceptors (Lipinski definition) is 5. The van der Waals surface area contributed by atoms with Crippen molar-refractivity contribution in [1.29, 1.82) is 0 Å². The normalized spacial score (nSPS) is 24.8. The molecule has 1 fully saturated rings. The summed E-state index contributed by atoms with van der Waals surface area (Å²) >= 11 is 1.69. The fraction of sp³-hybridized carbons (Fsp3) is 0.833. The molecule has 2 rings (SSSR count). The van der Waals surface area contributed by atoms with Crippen LogP contribution in [0.5, 0.6) is 0 Å². The third-order valence-corrected chi connectivity index (χ3v) is 4.13. The van der Waals surface area contributed by atoms with Gasteiger partial charge in [-0.1, -0.05) is 18.3 Å². The van der Waals surface area contributed by atoms with Crippen LogP contribution in [0, 0.1) is 0 Å². The first-order valence-corrected chi connectivity index (χ1v) is 7.25. The Kier molecular flexibility index (Phi) is 4.74. The van der Waals surface area contributed by atoms with Crippen LogP contribution in [0.15, 0.2) is 0 Å². The molecule has 17 heavy (non-hydrogen) atoms. The number of nitrogens with zero attached hydrogens (tertiary/aromatic N) is 2. The maximum absolute atomic E-state index is 5.43. The average Bonchev–Trinajstić information content (AvgIpc) is 2.77. The van der Waals surface area contributed by atoms with E-state index in [4.69, 9.17) is 4.74 Å². The molecule has 1 heterocycles. The molecule has 0 spiro atoms. The summed E-state index contributed by atoms with van der Waals surface area (Å²) in [6.07, 6.45) is 7.28. The van der Waals surface area contributed by atoms with Crippen LogP contribution in [0.4, 0.5) is 5.13 Å². The highest BCUT2D eigenvalue weighted by Gasteiger charge is 2.22. The second kappa shape index (κ2) is 6.31. The molecule has 1 aliphatic rings. The van der Waals surface area contributed by atoms with E-state index in [0.717, 1.165) is 29.4 Å². The fourth-order valence-electron chi connectivity index (χ4n) is 2.29. The Labute approximate surface area is 107 Å². The van der Waals surface area contributed by atoms with Gasteiger partial charge in [0.25, 0.3) is 0 Å². The van der Waals surface area contributed by atoms with Crippen LogP contribution in [-0.4, -0.2) is 29.5 Å². The highest BCUT2D eigenvalue weighted by atomic mass is 32.1. The van der Waals surface area contributed by atoms with E-state index in [2.05, 4.69) is 22.4 Å².